The Morgan fingerprint density at radius 2 is 2.19 bits per heavy atom. The van der Waals surface area contributed by atoms with Crippen LogP contribution in [-0.2, 0) is 24.1 Å². The fourth-order valence-electron chi connectivity index (χ4n) is 1.97. The average Bonchev–Trinajstić information content (AvgIpc) is 3.27. The number of nitrogens with zero attached hydrogens (tertiary/aromatic N) is 3. The van der Waals surface area contributed by atoms with E-state index in [1.165, 1.54) is 37.3 Å². The van der Waals surface area contributed by atoms with E-state index in [0.717, 1.165) is 0 Å². The van der Waals surface area contributed by atoms with Crippen molar-refractivity contribution in [1.82, 2.24) is 14.8 Å². The standard InChI is InChI=1S/C16H15N3O6S/c1-19-9-17-18-16(19)26-8-11-5-12(20)14(7-23-11)24-6-10-3-4-13(25-10)15(21)22-2/h3-5,7,9H,6,8H2,1-2H3. The molecular weight excluding hydrogens is 362 g/mol. The van der Waals surface area contributed by atoms with Gasteiger partial charge < -0.3 is 22.9 Å². The Morgan fingerprint density at radius 1 is 1.35 bits per heavy atom. The van der Waals surface area contributed by atoms with Gasteiger partial charge in [-0.1, -0.05) is 11.8 Å². The van der Waals surface area contributed by atoms with Gasteiger partial charge in [0.05, 0.1) is 12.9 Å². The first-order valence-corrected chi connectivity index (χ1v) is 8.43. The highest BCUT2D eigenvalue weighted by atomic mass is 32.2. The largest absolute Gasteiger partial charge is 0.479 e. The van der Waals surface area contributed by atoms with Gasteiger partial charge >= 0.3 is 5.97 Å². The van der Waals surface area contributed by atoms with Crippen LogP contribution in [0, 0.1) is 0 Å². The molecule has 0 spiro atoms. The summed E-state index contributed by atoms with van der Waals surface area (Å²) in [4.78, 5) is 23.4. The van der Waals surface area contributed by atoms with Gasteiger partial charge in [0.15, 0.2) is 5.16 Å². The molecular formula is C16H15N3O6S. The van der Waals surface area contributed by atoms with Crippen molar-refractivity contribution < 1.29 is 23.1 Å². The van der Waals surface area contributed by atoms with E-state index in [9.17, 15) is 9.59 Å². The lowest BCUT2D eigenvalue weighted by Crippen LogP contribution is -2.07. The van der Waals surface area contributed by atoms with Gasteiger partial charge in [-0.25, -0.2) is 4.79 Å². The van der Waals surface area contributed by atoms with E-state index in [2.05, 4.69) is 14.9 Å². The van der Waals surface area contributed by atoms with E-state index in [4.69, 9.17) is 13.6 Å². The summed E-state index contributed by atoms with van der Waals surface area (Å²) in [6, 6.07) is 4.40. The first-order valence-electron chi connectivity index (χ1n) is 7.45. The molecule has 0 aliphatic rings. The number of aromatic nitrogens is 3. The van der Waals surface area contributed by atoms with Crippen LogP contribution < -0.4 is 10.2 Å². The number of esters is 1. The third-order valence-corrected chi connectivity index (χ3v) is 4.34. The number of hydrogen-bond donors (Lipinski definition) is 0. The Labute approximate surface area is 151 Å². The van der Waals surface area contributed by atoms with Gasteiger partial charge in [0.25, 0.3) is 0 Å². The number of methoxy groups -OCH3 is 1. The molecule has 3 aromatic heterocycles. The van der Waals surface area contributed by atoms with E-state index >= 15 is 0 Å². The van der Waals surface area contributed by atoms with Crippen molar-refractivity contribution in [3.63, 3.8) is 0 Å². The second kappa shape index (κ2) is 7.91. The van der Waals surface area contributed by atoms with Gasteiger partial charge in [0.2, 0.25) is 16.9 Å². The van der Waals surface area contributed by atoms with Crippen molar-refractivity contribution in [3.05, 3.63) is 58.3 Å². The number of rotatable bonds is 7. The summed E-state index contributed by atoms with van der Waals surface area (Å²) < 4.78 is 22.4. The van der Waals surface area contributed by atoms with Gasteiger partial charge in [-0.15, -0.1) is 10.2 Å². The fourth-order valence-corrected chi connectivity index (χ4v) is 2.75. The molecule has 0 saturated heterocycles. The summed E-state index contributed by atoms with van der Waals surface area (Å²) in [5.41, 5.74) is -0.315. The smallest absolute Gasteiger partial charge is 0.373 e. The predicted molar refractivity (Wildman–Crippen MR) is 89.9 cm³/mol. The molecule has 0 fully saturated rings. The second-order valence-corrected chi connectivity index (χ2v) is 6.08. The summed E-state index contributed by atoms with van der Waals surface area (Å²) in [7, 11) is 3.09. The molecule has 3 aromatic rings. The molecule has 0 atom stereocenters. The Morgan fingerprint density at radius 3 is 2.88 bits per heavy atom. The van der Waals surface area contributed by atoms with E-state index in [0.29, 0.717) is 22.4 Å². The van der Waals surface area contributed by atoms with Crippen molar-refractivity contribution in [1.29, 1.82) is 0 Å². The molecule has 26 heavy (non-hydrogen) atoms. The SMILES string of the molecule is COC(=O)c1ccc(COc2coc(CSc3nncn3C)cc2=O)o1. The number of aryl methyl sites for hydroxylation is 1. The molecule has 0 aromatic carbocycles. The van der Waals surface area contributed by atoms with Crippen molar-refractivity contribution in [3.8, 4) is 5.75 Å². The van der Waals surface area contributed by atoms with Crippen LogP contribution in [-0.4, -0.2) is 27.8 Å². The summed E-state index contributed by atoms with van der Waals surface area (Å²) in [6.45, 7) is -0.0191. The van der Waals surface area contributed by atoms with E-state index < -0.39 is 5.97 Å². The topological polar surface area (TPSA) is 110 Å². The molecule has 0 saturated carbocycles. The maximum absolute atomic E-state index is 12.1. The Bertz CT molecular complexity index is 961. The van der Waals surface area contributed by atoms with Crippen LogP contribution in [0.15, 0.2) is 49.6 Å². The molecule has 10 heteroatoms. The third-order valence-electron chi connectivity index (χ3n) is 3.28. The zero-order chi connectivity index (χ0) is 18.5. The average molecular weight is 377 g/mol. The van der Waals surface area contributed by atoms with Crippen LogP contribution in [0.5, 0.6) is 5.75 Å². The maximum atomic E-state index is 12.1. The molecule has 0 aliphatic carbocycles. The highest BCUT2D eigenvalue weighted by molar-refractivity contribution is 7.98. The Balaban J connectivity index is 1.59. The van der Waals surface area contributed by atoms with E-state index in [-0.39, 0.29) is 23.5 Å². The number of carbonyl (C=O) groups excluding carboxylic acids is 1. The summed E-state index contributed by atoms with van der Waals surface area (Å²) in [5, 5.41) is 8.44. The zero-order valence-electron chi connectivity index (χ0n) is 14.0. The van der Waals surface area contributed by atoms with Crippen LogP contribution in [0.2, 0.25) is 0 Å². The zero-order valence-corrected chi connectivity index (χ0v) is 14.8. The van der Waals surface area contributed by atoms with Gasteiger partial charge in [-0.2, -0.15) is 0 Å². The molecule has 3 rings (SSSR count). The molecule has 9 nitrogen and oxygen atoms in total. The van der Waals surface area contributed by atoms with Crippen molar-refractivity contribution in [2.24, 2.45) is 7.05 Å². The Hall–Kier alpha value is -3.01. The lowest BCUT2D eigenvalue weighted by atomic mass is 10.4. The fraction of sp³-hybridized carbons (Fsp3) is 0.250. The minimum atomic E-state index is -0.583. The first-order chi connectivity index (χ1) is 12.6. The quantitative estimate of drug-likeness (QED) is 0.451. The predicted octanol–water partition coefficient (Wildman–Crippen LogP) is 2.02. The molecule has 3 heterocycles. The lowest BCUT2D eigenvalue weighted by Gasteiger charge is -2.04. The number of thioether (sulfide) groups is 1. The third kappa shape index (κ3) is 4.14. The van der Waals surface area contributed by atoms with Gasteiger partial charge in [-0.05, 0) is 12.1 Å². The highest BCUT2D eigenvalue weighted by Gasteiger charge is 2.12. The molecule has 0 unspecified atom stereocenters. The van der Waals surface area contributed by atoms with Crippen LogP contribution in [0.3, 0.4) is 0 Å². The van der Waals surface area contributed by atoms with Crippen LogP contribution >= 0.6 is 11.8 Å². The Kier molecular flexibility index (Phi) is 5.42. The van der Waals surface area contributed by atoms with Gasteiger partial charge in [0, 0.05) is 13.1 Å². The number of carbonyl (C=O) groups is 1. The number of furan rings is 1. The van der Waals surface area contributed by atoms with Crippen molar-refractivity contribution in [2.45, 2.75) is 17.5 Å². The monoisotopic (exact) mass is 377 g/mol. The van der Waals surface area contributed by atoms with E-state index in [1.54, 1.807) is 17.0 Å². The lowest BCUT2D eigenvalue weighted by molar-refractivity contribution is 0.0561. The molecule has 0 N–H and O–H groups in total. The van der Waals surface area contributed by atoms with Gasteiger partial charge in [-0.3, -0.25) is 4.79 Å². The summed E-state index contributed by atoms with van der Waals surface area (Å²) in [6.07, 6.45) is 2.84. The van der Waals surface area contributed by atoms with Crippen LogP contribution in [0.1, 0.15) is 22.1 Å². The summed E-state index contributed by atoms with van der Waals surface area (Å²) in [5.74, 6) is 0.833. The number of ether oxygens (including phenoxy) is 2. The van der Waals surface area contributed by atoms with E-state index in [1.807, 2.05) is 7.05 Å². The molecule has 0 bridgehead atoms. The minimum absolute atomic E-state index is 0.0191. The normalized spacial score (nSPS) is 10.7. The van der Waals surface area contributed by atoms with Crippen LogP contribution in [0.25, 0.3) is 0 Å². The summed E-state index contributed by atoms with van der Waals surface area (Å²) >= 11 is 1.40. The molecule has 0 amide bonds. The first kappa shape index (κ1) is 17.8. The molecule has 0 aliphatic heterocycles. The second-order valence-electron chi connectivity index (χ2n) is 5.13. The maximum Gasteiger partial charge on any atom is 0.373 e. The molecule has 0 radical (unpaired) electrons. The molecule has 136 valence electrons. The van der Waals surface area contributed by atoms with Crippen LogP contribution in [0.4, 0.5) is 0 Å². The highest BCUT2D eigenvalue weighted by Crippen LogP contribution is 2.20. The van der Waals surface area contributed by atoms with Gasteiger partial charge in [0.1, 0.15) is 30.7 Å². The van der Waals surface area contributed by atoms with Crippen molar-refractivity contribution >= 4 is 17.7 Å². The minimum Gasteiger partial charge on any atom is -0.479 e. The number of hydrogen-bond acceptors (Lipinski definition) is 9. The van der Waals surface area contributed by atoms with Crippen molar-refractivity contribution in [2.75, 3.05) is 7.11 Å².